The SMILES string of the molecule is CC(C)Oc1ncccc1[C@H]1[C@@H](OCc2coc3ccc(C(F)(F)F)cc23)[C@H](C(C)(C)C)[C@@H](C(=O)O)N1C(=O)C1CCCCC1. The summed E-state index contributed by atoms with van der Waals surface area (Å²) in [6.45, 7) is 9.26. The number of nitrogens with zero attached hydrogens (tertiary/aromatic N) is 2. The van der Waals surface area contributed by atoms with Crippen LogP contribution in [0, 0.1) is 17.3 Å². The number of aromatic nitrogens is 1. The lowest BCUT2D eigenvalue weighted by molar-refractivity contribution is -0.154. The zero-order chi connectivity index (χ0) is 32.7. The standard InChI is InChI=1S/C34H41F3N2O6/c1-19(2)45-30-23(12-9-15-38-30)27-29(44-18-21-17-43-25-14-13-22(16-24(21)25)34(35,36)37)26(33(3,4)5)28(32(41)42)39(27)31(40)20-10-7-6-8-11-20/h9,12-17,19-20,26-29H,6-8,10-11,18H2,1-5H3,(H,41,42)/t26-,27+,28+,29+/m1/s1. The van der Waals surface area contributed by atoms with Crippen LogP contribution in [0.1, 0.15) is 89.5 Å². The quantitative estimate of drug-likeness (QED) is 0.271. The van der Waals surface area contributed by atoms with Gasteiger partial charge in [-0.15, -0.1) is 0 Å². The molecule has 2 aliphatic rings. The molecule has 1 aliphatic carbocycles. The third-order valence-corrected chi connectivity index (χ3v) is 8.95. The summed E-state index contributed by atoms with van der Waals surface area (Å²) >= 11 is 0. The fraction of sp³-hybridized carbons (Fsp3) is 0.559. The number of carbonyl (C=O) groups excluding carboxylic acids is 1. The van der Waals surface area contributed by atoms with Crippen LogP contribution in [0.3, 0.4) is 0 Å². The first-order valence-corrected chi connectivity index (χ1v) is 15.5. The number of carbonyl (C=O) groups is 2. The monoisotopic (exact) mass is 630 g/mol. The average Bonchev–Trinajstić information content (AvgIpc) is 3.54. The van der Waals surface area contributed by atoms with Gasteiger partial charge >= 0.3 is 12.1 Å². The topological polar surface area (TPSA) is 102 Å². The Bertz CT molecular complexity index is 1520. The molecule has 8 nitrogen and oxygen atoms in total. The van der Waals surface area contributed by atoms with Crippen LogP contribution < -0.4 is 4.74 Å². The average molecular weight is 631 g/mol. The molecule has 1 amide bonds. The minimum Gasteiger partial charge on any atom is -0.480 e. The van der Waals surface area contributed by atoms with Crippen LogP contribution in [0.2, 0.25) is 0 Å². The minimum atomic E-state index is -4.54. The second kappa shape index (κ2) is 12.7. The first-order chi connectivity index (χ1) is 21.2. The van der Waals surface area contributed by atoms with Gasteiger partial charge in [-0.25, -0.2) is 9.78 Å². The van der Waals surface area contributed by atoms with Gasteiger partial charge in [0.2, 0.25) is 11.8 Å². The molecule has 3 aromatic rings. The number of furan rings is 1. The summed E-state index contributed by atoms with van der Waals surface area (Å²) in [7, 11) is 0. The number of fused-ring (bicyclic) bond motifs is 1. The zero-order valence-corrected chi connectivity index (χ0v) is 26.3. The Morgan fingerprint density at radius 3 is 2.44 bits per heavy atom. The third-order valence-electron chi connectivity index (χ3n) is 8.95. The lowest BCUT2D eigenvalue weighted by Crippen LogP contribution is -2.49. The molecule has 0 spiro atoms. The summed E-state index contributed by atoms with van der Waals surface area (Å²) in [6, 6.07) is 4.65. The molecule has 1 saturated carbocycles. The molecule has 0 radical (unpaired) electrons. The summed E-state index contributed by atoms with van der Waals surface area (Å²) in [5, 5.41) is 11.0. The van der Waals surface area contributed by atoms with E-state index in [9.17, 15) is 27.9 Å². The van der Waals surface area contributed by atoms with E-state index >= 15 is 0 Å². The molecular formula is C34H41F3N2O6. The van der Waals surface area contributed by atoms with E-state index in [2.05, 4.69) is 4.98 Å². The number of benzene rings is 1. The molecule has 244 valence electrons. The number of carboxylic acids is 1. The van der Waals surface area contributed by atoms with Gasteiger partial charge in [0.15, 0.2) is 0 Å². The van der Waals surface area contributed by atoms with Crippen LogP contribution in [-0.4, -0.2) is 45.1 Å². The van der Waals surface area contributed by atoms with E-state index in [0.717, 1.165) is 31.4 Å². The predicted molar refractivity (Wildman–Crippen MR) is 160 cm³/mol. The zero-order valence-electron chi connectivity index (χ0n) is 26.3. The van der Waals surface area contributed by atoms with Crippen LogP contribution >= 0.6 is 0 Å². The molecule has 1 aromatic carbocycles. The molecule has 45 heavy (non-hydrogen) atoms. The molecule has 4 atom stereocenters. The molecule has 3 heterocycles. The smallest absolute Gasteiger partial charge is 0.416 e. The Hall–Kier alpha value is -3.60. The van der Waals surface area contributed by atoms with E-state index in [4.69, 9.17) is 13.9 Å². The van der Waals surface area contributed by atoms with Crippen molar-refractivity contribution in [1.29, 1.82) is 0 Å². The maximum atomic E-state index is 14.4. The largest absolute Gasteiger partial charge is 0.480 e. The van der Waals surface area contributed by atoms with Gasteiger partial charge in [-0.2, -0.15) is 13.2 Å². The van der Waals surface area contributed by atoms with Gasteiger partial charge in [0.1, 0.15) is 11.6 Å². The van der Waals surface area contributed by atoms with Crippen molar-refractivity contribution in [2.24, 2.45) is 17.3 Å². The minimum absolute atomic E-state index is 0.166. The number of amides is 1. The number of ether oxygens (including phenoxy) is 2. The summed E-state index contributed by atoms with van der Waals surface area (Å²) in [5.74, 6) is -2.13. The van der Waals surface area contributed by atoms with Crippen LogP contribution in [0.5, 0.6) is 5.88 Å². The number of hydrogen-bond donors (Lipinski definition) is 1. The summed E-state index contributed by atoms with van der Waals surface area (Å²) in [6.07, 6.45) is 1.41. The van der Waals surface area contributed by atoms with Crippen molar-refractivity contribution < 1.29 is 41.8 Å². The number of rotatable bonds is 8. The van der Waals surface area contributed by atoms with Gasteiger partial charge in [0.05, 0.1) is 36.7 Å². The fourth-order valence-corrected chi connectivity index (χ4v) is 6.98. The summed E-state index contributed by atoms with van der Waals surface area (Å²) in [5.41, 5.74) is -0.290. The maximum Gasteiger partial charge on any atom is 0.416 e. The van der Waals surface area contributed by atoms with Gasteiger partial charge in [-0.05, 0) is 62.4 Å². The Morgan fingerprint density at radius 1 is 1.11 bits per heavy atom. The summed E-state index contributed by atoms with van der Waals surface area (Å²) < 4.78 is 58.9. The molecule has 0 bridgehead atoms. The van der Waals surface area contributed by atoms with E-state index in [1.807, 2.05) is 34.6 Å². The molecule has 2 aromatic heterocycles. The lowest BCUT2D eigenvalue weighted by atomic mass is 9.73. The molecule has 1 saturated heterocycles. The van der Waals surface area contributed by atoms with Crippen LogP contribution in [-0.2, 0) is 27.1 Å². The van der Waals surface area contributed by atoms with Gasteiger partial charge in [-0.3, -0.25) is 4.79 Å². The highest BCUT2D eigenvalue weighted by molar-refractivity contribution is 5.87. The van der Waals surface area contributed by atoms with Crippen LogP contribution in [0.4, 0.5) is 13.2 Å². The van der Waals surface area contributed by atoms with Gasteiger partial charge in [0.25, 0.3) is 0 Å². The molecule has 1 N–H and O–H groups in total. The Kier molecular flexibility index (Phi) is 9.22. The normalized spacial score (nSPS) is 23.2. The number of halogens is 3. The first kappa shape index (κ1) is 32.8. The Morgan fingerprint density at radius 2 is 1.82 bits per heavy atom. The number of pyridine rings is 1. The number of carboxylic acid groups (broad SMARTS) is 1. The molecule has 11 heteroatoms. The molecule has 1 aliphatic heterocycles. The highest BCUT2D eigenvalue weighted by Gasteiger charge is 2.60. The second-order valence-corrected chi connectivity index (χ2v) is 13.5. The molecule has 2 fully saturated rings. The number of likely N-dealkylation sites (tertiary alicyclic amines) is 1. The Balaban J connectivity index is 1.64. The van der Waals surface area contributed by atoms with Crippen molar-refractivity contribution in [3.8, 4) is 5.88 Å². The Labute approximate surface area is 260 Å². The van der Waals surface area contributed by atoms with Crippen LogP contribution in [0.25, 0.3) is 11.0 Å². The predicted octanol–water partition coefficient (Wildman–Crippen LogP) is 7.80. The van der Waals surface area contributed by atoms with Gasteiger partial charge in [-0.1, -0.05) is 40.0 Å². The van der Waals surface area contributed by atoms with Gasteiger partial charge < -0.3 is 23.9 Å². The van der Waals surface area contributed by atoms with Crippen molar-refractivity contribution in [2.45, 2.75) is 104 Å². The molecular weight excluding hydrogens is 589 g/mol. The summed E-state index contributed by atoms with van der Waals surface area (Å²) in [4.78, 5) is 33.5. The van der Waals surface area contributed by atoms with E-state index < -0.39 is 47.2 Å². The van der Waals surface area contributed by atoms with Crippen molar-refractivity contribution >= 4 is 22.8 Å². The van der Waals surface area contributed by atoms with Crippen LogP contribution in [0.15, 0.2) is 47.2 Å². The van der Waals surface area contributed by atoms with Crippen molar-refractivity contribution in [3.05, 3.63) is 59.5 Å². The van der Waals surface area contributed by atoms with E-state index in [-0.39, 0.29) is 41.4 Å². The van der Waals surface area contributed by atoms with E-state index in [1.165, 1.54) is 17.2 Å². The van der Waals surface area contributed by atoms with Crippen molar-refractivity contribution in [3.63, 3.8) is 0 Å². The van der Waals surface area contributed by atoms with Gasteiger partial charge in [0, 0.05) is 34.5 Å². The van der Waals surface area contributed by atoms with E-state index in [0.29, 0.717) is 24.0 Å². The number of hydrogen-bond acceptors (Lipinski definition) is 6. The number of aliphatic carboxylic acids is 1. The fourth-order valence-electron chi connectivity index (χ4n) is 6.98. The maximum absolute atomic E-state index is 14.4. The van der Waals surface area contributed by atoms with Crippen molar-refractivity contribution in [2.75, 3.05) is 0 Å². The molecule has 5 rings (SSSR count). The molecule has 0 unspecified atom stereocenters. The lowest BCUT2D eigenvalue weighted by Gasteiger charge is -2.35. The third kappa shape index (κ3) is 6.68. The number of alkyl halides is 3. The first-order valence-electron chi connectivity index (χ1n) is 15.5. The van der Waals surface area contributed by atoms with Crippen molar-refractivity contribution in [1.82, 2.24) is 9.88 Å². The van der Waals surface area contributed by atoms with E-state index in [1.54, 1.807) is 18.3 Å². The highest BCUT2D eigenvalue weighted by Crippen LogP contribution is 2.52. The highest BCUT2D eigenvalue weighted by atomic mass is 19.4. The second-order valence-electron chi connectivity index (χ2n) is 13.5.